The summed E-state index contributed by atoms with van der Waals surface area (Å²) >= 11 is 0. The minimum atomic E-state index is -4.50. The molecular formula is C10H11F5N4. The van der Waals surface area contributed by atoms with Gasteiger partial charge in [-0.25, -0.2) is 19.6 Å². The minimum Gasteiger partial charge on any atom is -0.342 e. The number of halogens is 5. The van der Waals surface area contributed by atoms with Gasteiger partial charge in [-0.2, -0.15) is 13.2 Å². The number of hydrogen-bond donors (Lipinski definition) is 2. The van der Waals surface area contributed by atoms with E-state index in [0.29, 0.717) is 18.9 Å². The molecule has 1 aromatic rings. The lowest BCUT2D eigenvalue weighted by molar-refractivity contribution is -0.120. The highest BCUT2D eigenvalue weighted by Gasteiger charge is 2.40. The molecule has 0 spiro atoms. The third-order valence-electron chi connectivity index (χ3n) is 2.66. The molecule has 0 atom stereocenters. The summed E-state index contributed by atoms with van der Waals surface area (Å²) in [4.78, 5) is 4.26. The van der Waals surface area contributed by atoms with Crippen molar-refractivity contribution in [3.8, 4) is 0 Å². The van der Waals surface area contributed by atoms with Crippen LogP contribution in [0.4, 0.5) is 33.6 Å². The average Bonchev–Trinajstić information content (AvgIpc) is 3.09. The second kappa shape index (κ2) is 4.80. The largest absolute Gasteiger partial charge is 0.405 e. The summed E-state index contributed by atoms with van der Waals surface area (Å²) in [5, 5.41) is 0. The van der Waals surface area contributed by atoms with E-state index < -0.39 is 42.0 Å². The number of nitrogens with two attached hydrogens (primary N) is 1. The highest BCUT2D eigenvalue weighted by molar-refractivity contribution is 5.50. The Bertz CT molecular complexity index is 472. The molecule has 0 aliphatic heterocycles. The lowest BCUT2D eigenvalue weighted by Crippen LogP contribution is -2.37. The zero-order valence-corrected chi connectivity index (χ0v) is 9.64. The molecule has 1 aromatic heterocycles. The van der Waals surface area contributed by atoms with Crippen molar-refractivity contribution in [2.75, 3.05) is 16.9 Å². The summed E-state index contributed by atoms with van der Waals surface area (Å²) in [6, 6.07) is 0.0308. The molecule has 1 aliphatic carbocycles. The van der Waals surface area contributed by atoms with Crippen molar-refractivity contribution < 1.29 is 22.0 Å². The first-order valence-corrected chi connectivity index (χ1v) is 5.48. The Morgan fingerprint density at radius 3 is 2.42 bits per heavy atom. The summed E-state index contributed by atoms with van der Waals surface area (Å²) in [6.07, 6.45) is -3.47. The number of nitrogens with zero attached hydrogens (tertiary/aromatic N) is 2. The molecule has 106 valence electrons. The van der Waals surface area contributed by atoms with Crippen molar-refractivity contribution in [2.24, 2.45) is 5.84 Å². The van der Waals surface area contributed by atoms with Gasteiger partial charge in [0.15, 0.2) is 23.3 Å². The standard InChI is InChI=1S/C10H11F5N4/c11-6-3-7(12)9(17-8(6)18-16)19(5-1-2-5)4-10(13,14)15/h3,5H,1-2,4,16H2,(H,17,18). The van der Waals surface area contributed by atoms with Gasteiger partial charge in [0.05, 0.1) is 0 Å². The Morgan fingerprint density at radius 2 is 1.95 bits per heavy atom. The lowest BCUT2D eigenvalue weighted by Gasteiger charge is -2.25. The molecule has 1 saturated carbocycles. The maximum absolute atomic E-state index is 13.6. The monoisotopic (exact) mass is 282 g/mol. The van der Waals surface area contributed by atoms with Crippen LogP contribution in [0.3, 0.4) is 0 Å². The third kappa shape index (κ3) is 3.22. The highest BCUT2D eigenvalue weighted by Crippen LogP contribution is 2.35. The first-order valence-electron chi connectivity index (χ1n) is 5.48. The van der Waals surface area contributed by atoms with Gasteiger partial charge in [-0.1, -0.05) is 0 Å². The van der Waals surface area contributed by atoms with Crippen LogP contribution >= 0.6 is 0 Å². The molecule has 0 saturated heterocycles. The fraction of sp³-hybridized carbons (Fsp3) is 0.500. The van der Waals surface area contributed by atoms with Gasteiger partial charge < -0.3 is 10.3 Å². The average molecular weight is 282 g/mol. The van der Waals surface area contributed by atoms with Crippen LogP contribution in [0.1, 0.15) is 12.8 Å². The van der Waals surface area contributed by atoms with E-state index in [0.717, 1.165) is 4.90 Å². The van der Waals surface area contributed by atoms with Gasteiger partial charge in [-0.3, -0.25) is 0 Å². The van der Waals surface area contributed by atoms with E-state index in [1.54, 1.807) is 0 Å². The molecule has 19 heavy (non-hydrogen) atoms. The number of anilines is 2. The van der Waals surface area contributed by atoms with E-state index in [2.05, 4.69) is 4.98 Å². The summed E-state index contributed by atoms with van der Waals surface area (Å²) in [7, 11) is 0. The number of hydrazine groups is 1. The summed E-state index contributed by atoms with van der Waals surface area (Å²) in [5.74, 6) is 1.72. The number of alkyl halides is 3. The van der Waals surface area contributed by atoms with Gasteiger partial charge in [0, 0.05) is 12.1 Å². The molecule has 1 aliphatic rings. The normalized spacial score (nSPS) is 15.5. The van der Waals surface area contributed by atoms with E-state index in [-0.39, 0.29) is 0 Å². The zero-order chi connectivity index (χ0) is 14.2. The van der Waals surface area contributed by atoms with E-state index >= 15 is 0 Å². The molecule has 1 heterocycles. The smallest absolute Gasteiger partial charge is 0.342 e. The fourth-order valence-electron chi connectivity index (χ4n) is 1.72. The minimum absolute atomic E-state index is 0.431. The molecule has 4 nitrogen and oxygen atoms in total. The molecular weight excluding hydrogens is 271 g/mol. The van der Waals surface area contributed by atoms with Gasteiger partial charge in [0.2, 0.25) is 0 Å². The lowest BCUT2D eigenvalue weighted by atomic mass is 10.3. The SMILES string of the molecule is NNc1nc(N(CC(F)(F)F)C2CC2)c(F)cc1F. The van der Waals surface area contributed by atoms with Gasteiger partial charge in [0.25, 0.3) is 0 Å². The maximum Gasteiger partial charge on any atom is 0.405 e. The van der Waals surface area contributed by atoms with Gasteiger partial charge >= 0.3 is 6.18 Å². The number of nitrogens with one attached hydrogen (secondary N) is 1. The number of rotatable bonds is 4. The van der Waals surface area contributed by atoms with Crippen LogP contribution in [0.5, 0.6) is 0 Å². The summed E-state index contributed by atoms with van der Waals surface area (Å²) in [5.41, 5.74) is 1.88. The van der Waals surface area contributed by atoms with Crippen LogP contribution in [-0.4, -0.2) is 23.7 Å². The Balaban J connectivity index is 2.36. The first kappa shape index (κ1) is 13.8. The summed E-state index contributed by atoms with van der Waals surface area (Å²) in [6.45, 7) is -1.34. The Morgan fingerprint density at radius 1 is 1.32 bits per heavy atom. The van der Waals surface area contributed by atoms with Crippen LogP contribution in [-0.2, 0) is 0 Å². The predicted octanol–water partition coefficient (Wildman–Crippen LogP) is 2.18. The van der Waals surface area contributed by atoms with Crippen molar-refractivity contribution in [3.05, 3.63) is 17.7 Å². The number of pyridine rings is 1. The molecule has 0 amide bonds. The second-order valence-corrected chi connectivity index (χ2v) is 4.24. The van der Waals surface area contributed by atoms with E-state index in [1.165, 1.54) is 0 Å². The molecule has 0 unspecified atom stereocenters. The predicted molar refractivity (Wildman–Crippen MR) is 58.4 cm³/mol. The van der Waals surface area contributed by atoms with Crippen molar-refractivity contribution in [1.29, 1.82) is 0 Å². The number of nitrogen functional groups attached to an aromatic ring is 1. The van der Waals surface area contributed by atoms with Crippen LogP contribution in [0.25, 0.3) is 0 Å². The number of hydrogen-bond acceptors (Lipinski definition) is 4. The van der Waals surface area contributed by atoms with Crippen molar-refractivity contribution in [1.82, 2.24) is 4.98 Å². The molecule has 1 fully saturated rings. The van der Waals surface area contributed by atoms with Crippen LogP contribution in [0.2, 0.25) is 0 Å². The molecule has 0 aromatic carbocycles. The second-order valence-electron chi connectivity index (χ2n) is 4.24. The van der Waals surface area contributed by atoms with Gasteiger partial charge in [-0.05, 0) is 12.8 Å². The Kier molecular flexibility index (Phi) is 3.48. The third-order valence-corrected chi connectivity index (χ3v) is 2.66. The Labute approximate surface area is 105 Å². The van der Waals surface area contributed by atoms with Crippen LogP contribution < -0.4 is 16.2 Å². The molecule has 0 bridgehead atoms. The molecule has 3 N–H and O–H groups in total. The van der Waals surface area contributed by atoms with Gasteiger partial charge in [0.1, 0.15) is 6.54 Å². The topological polar surface area (TPSA) is 54.2 Å². The molecule has 9 heteroatoms. The zero-order valence-electron chi connectivity index (χ0n) is 9.64. The van der Waals surface area contributed by atoms with Crippen LogP contribution in [0, 0.1) is 11.6 Å². The van der Waals surface area contributed by atoms with Crippen molar-refractivity contribution in [2.45, 2.75) is 25.1 Å². The van der Waals surface area contributed by atoms with Gasteiger partial charge in [-0.15, -0.1) is 0 Å². The van der Waals surface area contributed by atoms with Crippen LogP contribution in [0.15, 0.2) is 6.07 Å². The quantitative estimate of drug-likeness (QED) is 0.505. The Hall–Kier alpha value is -1.64. The highest BCUT2D eigenvalue weighted by atomic mass is 19.4. The number of aromatic nitrogens is 1. The van der Waals surface area contributed by atoms with E-state index in [1.807, 2.05) is 5.43 Å². The summed E-state index contributed by atoms with van der Waals surface area (Å²) < 4.78 is 64.2. The first-order chi connectivity index (χ1) is 8.81. The van der Waals surface area contributed by atoms with Crippen molar-refractivity contribution >= 4 is 11.6 Å². The molecule has 0 radical (unpaired) electrons. The molecule has 2 rings (SSSR count). The van der Waals surface area contributed by atoms with Crippen molar-refractivity contribution in [3.63, 3.8) is 0 Å². The van der Waals surface area contributed by atoms with E-state index in [4.69, 9.17) is 5.84 Å². The van der Waals surface area contributed by atoms with E-state index in [9.17, 15) is 22.0 Å². The maximum atomic E-state index is 13.6. The fourth-order valence-corrected chi connectivity index (χ4v) is 1.72.